The molecule has 0 radical (unpaired) electrons. The van der Waals surface area contributed by atoms with Crippen molar-refractivity contribution in [2.45, 2.75) is 19.6 Å². The van der Waals surface area contributed by atoms with Crippen LogP contribution in [-0.4, -0.2) is 46.4 Å². The van der Waals surface area contributed by atoms with Crippen LogP contribution in [0.4, 0.5) is 0 Å². The number of hydrogen-bond acceptors (Lipinski definition) is 5. The molecule has 128 valence electrons. The van der Waals surface area contributed by atoms with Crippen LogP contribution in [0.15, 0.2) is 42.6 Å². The SMILES string of the molecule is CC(CN(C)C)Oc1ccc(-c2nn(CC#N)c3ncccc23)cc1. The van der Waals surface area contributed by atoms with Gasteiger partial charge < -0.3 is 9.64 Å². The Kier molecular flexibility index (Phi) is 4.96. The van der Waals surface area contributed by atoms with Crippen LogP contribution >= 0.6 is 0 Å². The number of ether oxygens (including phenoxy) is 1. The molecule has 1 unspecified atom stereocenters. The first kappa shape index (κ1) is 16.9. The quantitative estimate of drug-likeness (QED) is 0.693. The molecule has 0 aliphatic rings. The molecule has 6 heteroatoms. The number of fused-ring (bicyclic) bond motifs is 1. The molecule has 0 saturated heterocycles. The highest BCUT2D eigenvalue weighted by atomic mass is 16.5. The summed E-state index contributed by atoms with van der Waals surface area (Å²) in [5.74, 6) is 0.831. The maximum absolute atomic E-state index is 8.98. The van der Waals surface area contributed by atoms with Crippen molar-refractivity contribution in [3.63, 3.8) is 0 Å². The maximum atomic E-state index is 8.98. The molecule has 2 aromatic heterocycles. The van der Waals surface area contributed by atoms with Crippen LogP contribution < -0.4 is 4.74 Å². The Bertz CT molecular complexity index is 892. The molecule has 0 spiro atoms. The molecule has 3 rings (SSSR count). The summed E-state index contributed by atoms with van der Waals surface area (Å²) in [6, 6.07) is 13.9. The van der Waals surface area contributed by atoms with E-state index in [0.29, 0.717) is 0 Å². The van der Waals surface area contributed by atoms with E-state index in [2.05, 4.69) is 28.0 Å². The zero-order valence-corrected chi connectivity index (χ0v) is 14.7. The van der Waals surface area contributed by atoms with Gasteiger partial charge in [-0.05, 0) is 57.4 Å². The third-order valence-corrected chi connectivity index (χ3v) is 3.81. The van der Waals surface area contributed by atoms with Gasteiger partial charge in [0.1, 0.15) is 24.1 Å². The van der Waals surface area contributed by atoms with Crippen LogP contribution in [0.3, 0.4) is 0 Å². The van der Waals surface area contributed by atoms with Crippen molar-refractivity contribution in [1.82, 2.24) is 19.7 Å². The molecule has 0 fully saturated rings. The summed E-state index contributed by atoms with van der Waals surface area (Å²) in [5, 5.41) is 14.5. The van der Waals surface area contributed by atoms with Crippen LogP contribution in [0.5, 0.6) is 5.75 Å². The Morgan fingerprint density at radius 1 is 1.24 bits per heavy atom. The average molecular weight is 335 g/mol. The molecule has 6 nitrogen and oxygen atoms in total. The van der Waals surface area contributed by atoms with Crippen LogP contribution in [0, 0.1) is 11.3 Å². The molecular weight excluding hydrogens is 314 g/mol. The molecule has 3 aromatic rings. The normalized spacial score (nSPS) is 12.3. The van der Waals surface area contributed by atoms with Gasteiger partial charge in [-0.3, -0.25) is 0 Å². The Morgan fingerprint density at radius 2 is 2.00 bits per heavy atom. The number of rotatable bonds is 6. The van der Waals surface area contributed by atoms with Crippen LogP contribution in [0.25, 0.3) is 22.3 Å². The van der Waals surface area contributed by atoms with Crippen LogP contribution in [0.2, 0.25) is 0 Å². The minimum absolute atomic E-state index is 0.112. The number of likely N-dealkylation sites (N-methyl/N-ethyl adjacent to an activating group) is 1. The Hall–Kier alpha value is -2.91. The van der Waals surface area contributed by atoms with Gasteiger partial charge in [0.2, 0.25) is 0 Å². The molecule has 0 amide bonds. The van der Waals surface area contributed by atoms with E-state index < -0.39 is 0 Å². The average Bonchev–Trinajstić information content (AvgIpc) is 2.94. The van der Waals surface area contributed by atoms with Gasteiger partial charge in [0.05, 0.1) is 6.07 Å². The van der Waals surface area contributed by atoms with Crippen molar-refractivity contribution >= 4 is 11.0 Å². The molecular formula is C19H21N5O. The predicted molar refractivity (Wildman–Crippen MR) is 97.2 cm³/mol. The van der Waals surface area contributed by atoms with Gasteiger partial charge in [0.25, 0.3) is 0 Å². The predicted octanol–water partition coefficient (Wildman–Crippen LogP) is 2.95. The standard InChI is InChI=1S/C19H21N5O/c1-14(13-23(2)3)25-16-8-6-15(7-9-16)18-17-5-4-11-21-19(17)24(22-18)12-10-20/h4-9,11,14H,12-13H2,1-3H3. The summed E-state index contributed by atoms with van der Waals surface area (Å²) in [4.78, 5) is 6.45. The topological polar surface area (TPSA) is 67.0 Å². The van der Waals surface area contributed by atoms with E-state index in [1.54, 1.807) is 10.9 Å². The second kappa shape index (κ2) is 7.32. The first-order valence-electron chi connectivity index (χ1n) is 8.19. The van der Waals surface area contributed by atoms with Gasteiger partial charge in [-0.25, -0.2) is 9.67 Å². The third-order valence-electron chi connectivity index (χ3n) is 3.81. The molecule has 0 aliphatic carbocycles. The largest absolute Gasteiger partial charge is 0.489 e. The third kappa shape index (κ3) is 3.78. The van der Waals surface area contributed by atoms with Gasteiger partial charge in [-0.15, -0.1) is 0 Å². The highest BCUT2D eigenvalue weighted by Crippen LogP contribution is 2.28. The monoisotopic (exact) mass is 335 g/mol. The van der Waals surface area contributed by atoms with E-state index in [4.69, 9.17) is 10.00 Å². The van der Waals surface area contributed by atoms with E-state index in [1.807, 2.05) is 50.5 Å². The summed E-state index contributed by atoms with van der Waals surface area (Å²) >= 11 is 0. The van der Waals surface area contributed by atoms with Gasteiger partial charge in [0.15, 0.2) is 5.65 Å². The van der Waals surface area contributed by atoms with Crippen LogP contribution in [0.1, 0.15) is 6.92 Å². The molecule has 2 heterocycles. The van der Waals surface area contributed by atoms with Crippen molar-refractivity contribution in [3.8, 4) is 23.1 Å². The lowest BCUT2D eigenvalue weighted by Gasteiger charge is -2.18. The molecule has 0 saturated carbocycles. The first-order chi connectivity index (χ1) is 12.1. The van der Waals surface area contributed by atoms with Crippen molar-refractivity contribution < 1.29 is 4.74 Å². The number of hydrogen-bond donors (Lipinski definition) is 0. The number of nitrogens with zero attached hydrogens (tertiary/aromatic N) is 5. The fourth-order valence-corrected chi connectivity index (χ4v) is 2.88. The number of pyridine rings is 1. The Labute approximate surface area is 147 Å². The second-order valence-corrected chi connectivity index (χ2v) is 6.25. The summed E-state index contributed by atoms with van der Waals surface area (Å²) < 4.78 is 7.56. The molecule has 1 aromatic carbocycles. The second-order valence-electron chi connectivity index (χ2n) is 6.25. The van der Waals surface area contributed by atoms with Gasteiger partial charge in [0, 0.05) is 23.7 Å². The van der Waals surface area contributed by atoms with E-state index >= 15 is 0 Å². The highest BCUT2D eigenvalue weighted by molar-refractivity contribution is 5.91. The summed E-state index contributed by atoms with van der Waals surface area (Å²) in [5.41, 5.74) is 2.52. The summed E-state index contributed by atoms with van der Waals surface area (Å²) in [6.07, 6.45) is 1.82. The lowest BCUT2D eigenvalue weighted by Crippen LogP contribution is -2.27. The molecule has 25 heavy (non-hydrogen) atoms. The molecule has 0 aliphatic heterocycles. The van der Waals surface area contributed by atoms with Crippen molar-refractivity contribution in [2.24, 2.45) is 0 Å². The zero-order chi connectivity index (χ0) is 17.8. The van der Waals surface area contributed by atoms with Crippen molar-refractivity contribution in [3.05, 3.63) is 42.6 Å². The maximum Gasteiger partial charge on any atom is 0.159 e. The van der Waals surface area contributed by atoms with Gasteiger partial charge >= 0.3 is 0 Å². The minimum Gasteiger partial charge on any atom is -0.489 e. The first-order valence-corrected chi connectivity index (χ1v) is 8.19. The van der Waals surface area contributed by atoms with Crippen molar-refractivity contribution in [2.75, 3.05) is 20.6 Å². The molecule has 0 N–H and O–H groups in total. The van der Waals surface area contributed by atoms with Crippen molar-refractivity contribution in [1.29, 1.82) is 5.26 Å². The smallest absolute Gasteiger partial charge is 0.159 e. The highest BCUT2D eigenvalue weighted by Gasteiger charge is 2.13. The van der Waals surface area contributed by atoms with Crippen LogP contribution in [-0.2, 0) is 6.54 Å². The van der Waals surface area contributed by atoms with E-state index in [1.165, 1.54) is 0 Å². The lowest BCUT2D eigenvalue weighted by molar-refractivity contribution is 0.177. The van der Waals surface area contributed by atoms with E-state index in [-0.39, 0.29) is 12.6 Å². The number of benzene rings is 1. The summed E-state index contributed by atoms with van der Waals surface area (Å²) in [6.45, 7) is 3.09. The van der Waals surface area contributed by atoms with Gasteiger partial charge in [-0.2, -0.15) is 10.4 Å². The molecule has 1 atom stereocenters. The molecule has 0 bridgehead atoms. The number of aromatic nitrogens is 3. The fourth-order valence-electron chi connectivity index (χ4n) is 2.88. The fraction of sp³-hybridized carbons (Fsp3) is 0.316. The van der Waals surface area contributed by atoms with E-state index in [0.717, 1.165) is 34.6 Å². The Morgan fingerprint density at radius 3 is 2.68 bits per heavy atom. The minimum atomic E-state index is 0.112. The van der Waals surface area contributed by atoms with Gasteiger partial charge in [-0.1, -0.05) is 0 Å². The Balaban J connectivity index is 1.88. The van der Waals surface area contributed by atoms with E-state index in [9.17, 15) is 0 Å². The zero-order valence-electron chi connectivity index (χ0n) is 14.7. The lowest BCUT2D eigenvalue weighted by atomic mass is 10.1. The number of nitriles is 1. The summed E-state index contributed by atoms with van der Waals surface area (Å²) in [7, 11) is 4.05.